The highest BCUT2D eigenvalue weighted by atomic mass is 79.9. The van der Waals surface area contributed by atoms with Crippen LogP contribution in [0.15, 0.2) is 53.1 Å². The molecule has 150 valence electrons. The molecule has 2 aromatic heterocycles. The van der Waals surface area contributed by atoms with E-state index in [9.17, 15) is 0 Å². The van der Waals surface area contributed by atoms with Gasteiger partial charge in [0.1, 0.15) is 0 Å². The number of H-pyrrole nitrogens is 1. The molecule has 4 heteroatoms. The van der Waals surface area contributed by atoms with E-state index in [1.165, 1.54) is 27.7 Å². The molecule has 0 saturated heterocycles. The van der Waals surface area contributed by atoms with Crippen molar-refractivity contribution in [2.24, 2.45) is 5.73 Å². The number of hydrogen-bond donors (Lipinski definition) is 2. The van der Waals surface area contributed by atoms with Crippen molar-refractivity contribution in [1.29, 1.82) is 0 Å². The third kappa shape index (κ3) is 3.84. The normalized spacial score (nSPS) is 12.7. The molecule has 4 rings (SSSR count). The number of hydrogen-bond acceptors (Lipinski definition) is 2. The summed E-state index contributed by atoms with van der Waals surface area (Å²) < 4.78 is 1.07. The first-order valence-electron chi connectivity index (χ1n) is 10.5. The summed E-state index contributed by atoms with van der Waals surface area (Å²) in [5.74, 6) is 0.560. The van der Waals surface area contributed by atoms with E-state index in [0.29, 0.717) is 5.92 Å². The Labute approximate surface area is 180 Å². The Morgan fingerprint density at radius 1 is 1.10 bits per heavy atom. The van der Waals surface area contributed by atoms with Gasteiger partial charge in [-0.3, -0.25) is 4.98 Å². The summed E-state index contributed by atoms with van der Waals surface area (Å²) >= 11 is 3.68. The summed E-state index contributed by atoms with van der Waals surface area (Å²) in [6.07, 6.45) is 6.16. The zero-order valence-electron chi connectivity index (χ0n) is 17.1. The summed E-state index contributed by atoms with van der Waals surface area (Å²) in [4.78, 5) is 8.43. The number of nitrogens with one attached hydrogen (secondary N) is 1. The molecule has 2 aromatic carbocycles. The largest absolute Gasteiger partial charge is 0.354 e. The quantitative estimate of drug-likeness (QED) is 0.300. The molecule has 0 aliphatic rings. The minimum absolute atomic E-state index is 0.560. The molecule has 4 aromatic rings. The molecule has 0 amide bonds. The van der Waals surface area contributed by atoms with E-state index in [1.54, 1.807) is 0 Å². The number of rotatable bonds is 7. The lowest BCUT2D eigenvalue weighted by atomic mass is 9.94. The number of nitrogens with two attached hydrogens (primary N) is 1. The van der Waals surface area contributed by atoms with Gasteiger partial charge in [-0.25, -0.2) is 0 Å². The number of pyridine rings is 1. The Bertz CT molecular complexity index is 1150. The number of benzene rings is 2. The van der Waals surface area contributed by atoms with Crippen LogP contribution in [0.5, 0.6) is 0 Å². The lowest BCUT2D eigenvalue weighted by molar-refractivity contribution is 0.734. The molecule has 1 unspecified atom stereocenters. The monoisotopic (exact) mass is 449 g/mol. The molecular weight excluding hydrogens is 422 g/mol. The number of aromatic amines is 1. The lowest BCUT2D eigenvalue weighted by Gasteiger charge is -2.11. The van der Waals surface area contributed by atoms with E-state index in [4.69, 9.17) is 10.7 Å². The van der Waals surface area contributed by atoms with E-state index < -0.39 is 0 Å². The van der Waals surface area contributed by atoms with Crippen LogP contribution >= 0.6 is 15.9 Å². The Morgan fingerprint density at radius 3 is 2.76 bits per heavy atom. The van der Waals surface area contributed by atoms with Gasteiger partial charge < -0.3 is 10.7 Å². The van der Waals surface area contributed by atoms with Crippen LogP contribution < -0.4 is 5.73 Å². The number of fused-ring (bicyclic) bond motifs is 2. The Hall–Kier alpha value is -2.17. The SMILES string of the molecule is CCC(C)c1ccc2[nH]c(-c3ccc(Br)c4cccnc34)c(CCCCN)c2c1. The maximum Gasteiger partial charge on any atom is 0.0806 e. The van der Waals surface area contributed by atoms with Gasteiger partial charge in [0.2, 0.25) is 0 Å². The molecule has 1 atom stereocenters. The summed E-state index contributed by atoms with van der Waals surface area (Å²) in [6.45, 7) is 5.28. The number of halogens is 1. The van der Waals surface area contributed by atoms with Gasteiger partial charge in [-0.1, -0.05) is 41.9 Å². The van der Waals surface area contributed by atoms with E-state index in [1.807, 2.05) is 12.3 Å². The highest BCUT2D eigenvalue weighted by Crippen LogP contribution is 2.38. The maximum absolute atomic E-state index is 5.78. The molecule has 0 radical (unpaired) electrons. The number of aromatic nitrogens is 2. The number of unbranched alkanes of at least 4 members (excludes halogenated alkanes) is 1. The second kappa shape index (κ2) is 8.68. The first kappa shape index (κ1) is 20.1. The average molecular weight is 450 g/mol. The number of nitrogens with zero attached hydrogens (tertiary/aromatic N) is 1. The van der Waals surface area contributed by atoms with Gasteiger partial charge in [-0.15, -0.1) is 0 Å². The van der Waals surface area contributed by atoms with Crippen LogP contribution in [0.1, 0.15) is 50.2 Å². The van der Waals surface area contributed by atoms with Gasteiger partial charge in [-0.05, 0) is 79.6 Å². The molecule has 0 spiro atoms. The van der Waals surface area contributed by atoms with Gasteiger partial charge >= 0.3 is 0 Å². The molecule has 0 bridgehead atoms. The second-order valence-corrected chi connectivity index (χ2v) is 8.69. The predicted molar refractivity (Wildman–Crippen MR) is 127 cm³/mol. The molecule has 0 aliphatic heterocycles. The topological polar surface area (TPSA) is 54.7 Å². The maximum atomic E-state index is 5.78. The van der Waals surface area contributed by atoms with Crippen molar-refractivity contribution in [3.63, 3.8) is 0 Å². The van der Waals surface area contributed by atoms with E-state index in [2.05, 4.69) is 71.2 Å². The Balaban J connectivity index is 1.94. The highest BCUT2D eigenvalue weighted by molar-refractivity contribution is 9.10. The molecule has 0 saturated carbocycles. The Morgan fingerprint density at radius 2 is 1.97 bits per heavy atom. The van der Waals surface area contributed by atoms with Crippen molar-refractivity contribution in [3.05, 3.63) is 64.3 Å². The molecular formula is C25H28BrN3. The van der Waals surface area contributed by atoms with Crippen LogP contribution in [0.3, 0.4) is 0 Å². The fourth-order valence-corrected chi connectivity index (χ4v) is 4.53. The van der Waals surface area contributed by atoms with Crippen LogP contribution in [0.2, 0.25) is 0 Å². The molecule has 3 nitrogen and oxygen atoms in total. The van der Waals surface area contributed by atoms with Gasteiger partial charge in [-0.2, -0.15) is 0 Å². The second-order valence-electron chi connectivity index (χ2n) is 7.83. The van der Waals surface area contributed by atoms with E-state index in [0.717, 1.165) is 53.2 Å². The van der Waals surface area contributed by atoms with Crippen molar-refractivity contribution in [1.82, 2.24) is 9.97 Å². The van der Waals surface area contributed by atoms with Crippen molar-refractivity contribution in [2.75, 3.05) is 6.54 Å². The van der Waals surface area contributed by atoms with Crippen LogP contribution in [-0.4, -0.2) is 16.5 Å². The summed E-state index contributed by atoms with van der Waals surface area (Å²) in [6, 6.07) is 15.3. The van der Waals surface area contributed by atoms with E-state index >= 15 is 0 Å². The van der Waals surface area contributed by atoms with Crippen molar-refractivity contribution < 1.29 is 0 Å². The number of aryl methyl sites for hydroxylation is 1. The fourth-order valence-electron chi connectivity index (χ4n) is 4.08. The van der Waals surface area contributed by atoms with Gasteiger partial charge in [0.05, 0.1) is 11.2 Å². The van der Waals surface area contributed by atoms with Crippen LogP contribution in [-0.2, 0) is 6.42 Å². The lowest BCUT2D eigenvalue weighted by Crippen LogP contribution is -1.99. The van der Waals surface area contributed by atoms with Crippen molar-refractivity contribution in [2.45, 2.75) is 45.4 Å². The van der Waals surface area contributed by atoms with Crippen LogP contribution in [0.4, 0.5) is 0 Å². The first-order valence-corrected chi connectivity index (χ1v) is 11.3. The molecule has 0 aliphatic carbocycles. The minimum Gasteiger partial charge on any atom is -0.354 e. The first-order chi connectivity index (χ1) is 14.1. The van der Waals surface area contributed by atoms with Gasteiger partial charge in [0, 0.05) is 32.5 Å². The van der Waals surface area contributed by atoms with Gasteiger partial charge in [0.15, 0.2) is 0 Å². The third-order valence-electron chi connectivity index (χ3n) is 5.98. The minimum atomic E-state index is 0.560. The Kier molecular flexibility index (Phi) is 6.02. The molecule has 0 fully saturated rings. The summed E-state index contributed by atoms with van der Waals surface area (Å²) in [7, 11) is 0. The fraction of sp³-hybridized carbons (Fsp3) is 0.320. The zero-order valence-corrected chi connectivity index (χ0v) is 18.7. The van der Waals surface area contributed by atoms with Crippen molar-refractivity contribution >= 4 is 37.7 Å². The summed E-state index contributed by atoms with van der Waals surface area (Å²) in [5.41, 5.74) is 13.1. The smallest absolute Gasteiger partial charge is 0.0806 e. The summed E-state index contributed by atoms with van der Waals surface area (Å²) in [5, 5.41) is 2.47. The average Bonchev–Trinajstić information content (AvgIpc) is 3.11. The zero-order chi connectivity index (χ0) is 20.4. The molecule has 29 heavy (non-hydrogen) atoms. The third-order valence-corrected chi connectivity index (χ3v) is 6.67. The van der Waals surface area contributed by atoms with Crippen LogP contribution in [0, 0.1) is 0 Å². The highest BCUT2D eigenvalue weighted by Gasteiger charge is 2.17. The van der Waals surface area contributed by atoms with E-state index in [-0.39, 0.29) is 0 Å². The van der Waals surface area contributed by atoms with Gasteiger partial charge in [0.25, 0.3) is 0 Å². The standard InChI is InChI=1S/C25H28BrN3/c1-3-16(2)17-9-12-23-21(15-17)18(7-4-5-13-27)25(29-23)20-10-11-22(26)19-8-6-14-28-24(19)20/h6,8-12,14-16,29H,3-5,7,13,27H2,1-2H3. The molecule has 3 N–H and O–H groups in total. The van der Waals surface area contributed by atoms with Crippen molar-refractivity contribution in [3.8, 4) is 11.3 Å². The molecule has 2 heterocycles. The van der Waals surface area contributed by atoms with Crippen LogP contribution in [0.25, 0.3) is 33.1 Å². The predicted octanol–water partition coefficient (Wildman–Crippen LogP) is 6.94.